The Hall–Kier alpha value is -1.03. The molecule has 0 spiro atoms. The zero-order valence-electron chi connectivity index (χ0n) is 46.4. The molecule has 2 atom stereocenters. The first kappa shape index (κ1) is 66.0. The van der Waals surface area contributed by atoms with Crippen LogP contribution in [0.25, 0.3) is 0 Å². The van der Waals surface area contributed by atoms with Gasteiger partial charge in [0.1, 0.15) is 19.8 Å². The van der Waals surface area contributed by atoms with Gasteiger partial charge in [-0.3, -0.25) is 19.4 Å². The van der Waals surface area contributed by atoms with Crippen LogP contribution in [0.1, 0.15) is 203 Å². The van der Waals surface area contributed by atoms with Crippen molar-refractivity contribution in [3.8, 4) is 0 Å². The van der Waals surface area contributed by atoms with Gasteiger partial charge in [0.2, 0.25) is 0 Å². The first-order valence-electron chi connectivity index (χ1n) is 28.4. The van der Waals surface area contributed by atoms with Crippen molar-refractivity contribution in [2.45, 2.75) is 221 Å². The molecule has 1 rings (SSSR count). The number of hydrogen-bond acceptors (Lipinski definition) is 12. The minimum atomic E-state index is -1.69. The maximum atomic E-state index is 13.5. The summed E-state index contributed by atoms with van der Waals surface area (Å²) >= 11 is 0. The molecule has 14 heteroatoms. The van der Waals surface area contributed by atoms with E-state index in [1.54, 1.807) is 26.5 Å². The third kappa shape index (κ3) is 34.9. The molecule has 0 aromatic carbocycles. The first-order valence-corrected chi connectivity index (χ1v) is 33.8. The van der Waals surface area contributed by atoms with Gasteiger partial charge in [-0.25, -0.2) is 4.79 Å². The van der Waals surface area contributed by atoms with E-state index >= 15 is 0 Å². The predicted molar refractivity (Wildman–Crippen MR) is 297 cm³/mol. The number of nitrogens with zero attached hydrogens (tertiary/aromatic N) is 3. The van der Waals surface area contributed by atoms with Gasteiger partial charge in [-0.15, -0.1) is 0 Å². The normalized spacial score (nSPS) is 14.7. The van der Waals surface area contributed by atoms with E-state index in [0.717, 1.165) is 148 Å². The summed E-state index contributed by atoms with van der Waals surface area (Å²) in [6, 6.07) is 0. The van der Waals surface area contributed by atoms with Crippen molar-refractivity contribution in [3.05, 3.63) is 0 Å². The molecule has 0 aromatic rings. The van der Waals surface area contributed by atoms with Crippen LogP contribution in [-0.2, 0) is 33.0 Å². The lowest BCUT2D eigenvalue weighted by atomic mass is 9.94. The summed E-state index contributed by atoms with van der Waals surface area (Å²) in [7, 11) is 1.71. The summed E-state index contributed by atoms with van der Waals surface area (Å²) in [5.74, 6) is 0.973. The van der Waals surface area contributed by atoms with E-state index < -0.39 is 14.4 Å². The number of rotatable bonds is 46. The monoisotopic (exact) mass is 1030 g/mol. The molecule has 408 valence electrons. The van der Waals surface area contributed by atoms with Crippen LogP contribution in [-0.4, -0.2) is 145 Å². The van der Waals surface area contributed by atoms with Crippen molar-refractivity contribution in [1.82, 2.24) is 14.7 Å². The van der Waals surface area contributed by atoms with E-state index in [1.165, 1.54) is 64.2 Å². The summed E-state index contributed by atoms with van der Waals surface area (Å²) in [4.78, 5) is 47.0. The van der Waals surface area contributed by atoms with Crippen LogP contribution in [0.2, 0.25) is 18.1 Å². The van der Waals surface area contributed by atoms with Crippen LogP contribution in [0, 0.1) is 11.8 Å². The highest BCUT2D eigenvalue weighted by atomic mass is 33.1. The lowest BCUT2D eigenvalue weighted by Gasteiger charge is -2.38. The van der Waals surface area contributed by atoms with Crippen molar-refractivity contribution in [2.24, 2.45) is 11.8 Å². The second-order valence-electron chi connectivity index (χ2n) is 21.2. The van der Waals surface area contributed by atoms with Crippen LogP contribution in [0.3, 0.4) is 0 Å². The molecule has 1 saturated heterocycles. The number of carbonyl (C=O) groups excluding carboxylic acids is 3. The van der Waals surface area contributed by atoms with E-state index in [1.807, 2.05) is 0 Å². The van der Waals surface area contributed by atoms with E-state index in [0.29, 0.717) is 12.4 Å². The summed E-state index contributed by atoms with van der Waals surface area (Å²) in [6.45, 7) is 29.7. The zero-order valence-corrected chi connectivity index (χ0v) is 49.0. The third-order valence-electron chi connectivity index (χ3n) is 14.2. The minimum Gasteiger partial charge on any atom is -0.464 e. The summed E-state index contributed by atoms with van der Waals surface area (Å²) in [5.41, 5.74) is 0. The number of unbranched alkanes of at least 4 members (excludes halogenated alkanes) is 16. The topological polar surface area (TPSA) is 107 Å². The molecule has 0 aliphatic carbocycles. The summed E-state index contributed by atoms with van der Waals surface area (Å²) < 4.78 is 29.9. The third-order valence-corrected chi connectivity index (χ3v) is 21.1. The minimum absolute atomic E-state index is 0.0930. The molecular weight excluding hydrogens is 923 g/mol. The smallest absolute Gasteiger partial charge is 0.410 e. The average Bonchev–Trinajstić information content (AvgIpc) is 3.32. The molecule has 0 radical (unpaired) electrons. The Kier molecular flexibility index (Phi) is 41.5. The lowest BCUT2D eigenvalue weighted by molar-refractivity contribution is -0.149. The van der Waals surface area contributed by atoms with Gasteiger partial charge >= 0.3 is 18.0 Å². The van der Waals surface area contributed by atoms with Gasteiger partial charge < -0.3 is 28.3 Å². The molecule has 2 unspecified atom stereocenters. The molecule has 0 bridgehead atoms. The second-order valence-corrected chi connectivity index (χ2v) is 28.7. The number of piperazine rings is 1. The Bertz CT molecular complexity index is 1190. The quantitative estimate of drug-likeness (QED) is 0.0190. The fourth-order valence-electron chi connectivity index (χ4n) is 8.42. The van der Waals surface area contributed by atoms with Gasteiger partial charge in [0, 0.05) is 57.4 Å². The van der Waals surface area contributed by atoms with Crippen molar-refractivity contribution >= 4 is 47.9 Å². The van der Waals surface area contributed by atoms with E-state index in [4.69, 9.17) is 23.4 Å². The van der Waals surface area contributed by atoms with Gasteiger partial charge in [0.05, 0.1) is 38.1 Å². The SMILES string of the molecule is CCCCCCCCC(CCCCCC)C(=O)OCCN(CCOC(=O)C(CCCCCC)CCCCCCCC)C(=O)OCCSSCCOCCN1CCN(CCO[Si](C)(C)C(C)(C)C)CC1. The molecule has 11 nitrogen and oxygen atoms in total. The van der Waals surface area contributed by atoms with Gasteiger partial charge in [-0.1, -0.05) is 198 Å². The first-order chi connectivity index (χ1) is 33.3. The number of ether oxygens (including phenoxy) is 4. The maximum Gasteiger partial charge on any atom is 0.410 e. The van der Waals surface area contributed by atoms with Gasteiger partial charge in [-0.2, -0.15) is 0 Å². The van der Waals surface area contributed by atoms with Crippen LogP contribution >= 0.6 is 21.6 Å². The Labute approximate surface area is 434 Å². The number of carbonyl (C=O) groups is 3. The van der Waals surface area contributed by atoms with E-state index in [9.17, 15) is 14.4 Å². The molecule has 1 fully saturated rings. The standard InChI is InChI=1S/C55H109N3O8S2Si/c1-10-14-18-22-24-28-32-50(30-26-20-16-12-3)52(59)63-43-40-58(41-44-64-53(60)51(31-27-21-17-13-4)33-29-25-23-19-15-11-2)54(61)65-47-49-68-67-48-46-62-42-38-56-34-36-57(37-35-56)39-45-66-69(8,9)55(5,6)7/h50-51H,10-49H2,1-9H3. The van der Waals surface area contributed by atoms with Gasteiger partial charge in [-0.05, 0) is 43.8 Å². The fraction of sp³-hybridized carbons (Fsp3) is 0.945. The molecule has 69 heavy (non-hydrogen) atoms. The fourth-order valence-corrected chi connectivity index (χ4v) is 11.1. The van der Waals surface area contributed by atoms with E-state index in [2.05, 4.69) is 71.4 Å². The van der Waals surface area contributed by atoms with Crippen LogP contribution < -0.4 is 0 Å². The van der Waals surface area contributed by atoms with Crippen LogP contribution in [0.5, 0.6) is 0 Å². The lowest BCUT2D eigenvalue weighted by Crippen LogP contribution is -2.49. The molecular formula is C55H109N3O8S2Si. The van der Waals surface area contributed by atoms with Crippen molar-refractivity contribution in [3.63, 3.8) is 0 Å². The van der Waals surface area contributed by atoms with Crippen molar-refractivity contribution in [2.75, 3.05) is 104 Å². The largest absolute Gasteiger partial charge is 0.464 e. The highest BCUT2D eigenvalue weighted by Gasteiger charge is 2.37. The molecule has 1 heterocycles. The zero-order chi connectivity index (χ0) is 50.9. The highest BCUT2D eigenvalue weighted by molar-refractivity contribution is 8.76. The van der Waals surface area contributed by atoms with Crippen molar-refractivity contribution in [1.29, 1.82) is 0 Å². The number of esters is 2. The summed E-state index contributed by atoms with van der Waals surface area (Å²) in [6.07, 6.45) is 26.2. The Balaban J connectivity index is 2.62. The van der Waals surface area contributed by atoms with Gasteiger partial charge in [0.25, 0.3) is 0 Å². The second kappa shape index (κ2) is 43.4. The Morgan fingerprint density at radius 3 is 1.30 bits per heavy atom. The average molecular weight is 1030 g/mol. The van der Waals surface area contributed by atoms with Crippen LogP contribution in [0.4, 0.5) is 4.79 Å². The Morgan fingerprint density at radius 2 is 0.884 bits per heavy atom. The van der Waals surface area contributed by atoms with Crippen molar-refractivity contribution < 1.29 is 37.8 Å². The number of amides is 1. The molecule has 0 saturated carbocycles. The predicted octanol–water partition coefficient (Wildman–Crippen LogP) is 14.2. The molecule has 1 amide bonds. The molecule has 1 aliphatic heterocycles. The summed E-state index contributed by atoms with van der Waals surface area (Å²) in [5, 5.41) is 0.246. The molecule has 0 N–H and O–H groups in total. The Morgan fingerprint density at radius 1 is 0.507 bits per heavy atom. The molecule has 0 aromatic heterocycles. The molecule has 1 aliphatic rings. The number of hydrogen-bond donors (Lipinski definition) is 0. The maximum absolute atomic E-state index is 13.5. The van der Waals surface area contributed by atoms with Gasteiger partial charge in [0.15, 0.2) is 8.32 Å². The van der Waals surface area contributed by atoms with E-state index in [-0.39, 0.29) is 61.7 Å². The highest BCUT2D eigenvalue weighted by Crippen LogP contribution is 2.36. The van der Waals surface area contributed by atoms with Crippen LogP contribution in [0.15, 0.2) is 0 Å².